The van der Waals surface area contributed by atoms with E-state index in [-0.39, 0.29) is 5.02 Å². The summed E-state index contributed by atoms with van der Waals surface area (Å²) in [6.07, 6.45) is 4.30. The average molecular weight is 266 g/mol. The molecule has 0 aliphatic heterocycles. The number of aromatic nitrogens is 2. The highest BCUT2D eigenvalue weighted by atomic mass is 35.5. The number of anilines is 2. The average Bonchev–Trinajstić information content (AvgIpc) is 3.10. The van der Waals surface area contributed by atoms with Gasteiger partial charge in [0.05, 0.1) is 16.4 Å². The van der Waals surface area contributed by atoms with Crippen molar-refractivity contribution in [1.29, 1.82) is 0 Å². The molecular weight excluding hydrogens is 253 g/mol. The first-order valence-electron chi connectivity index (χ1n) is 5.91. The van der Waals surface area contributed by atoms with E-state index in [4.69, 9.17) is 11.6 Å². The second-order valence-electron chi connectivity index (χ2n) is 4.57. The zero-order chi connectivity index (χ0) is 12.7. The van der Waals surface area contributed by atoms with E-state index in [0.717, 1.165) is 18.5 Å². The van der Waals surface area contributed by atoms with Crippen LogP contribution in [0.4, 0.5) is 16.0 Å². The summed E-state index contributed by atoms with van der Waals surface area (Å²) in [4.78, 5) is 4.38. The molecule has 1 aromatic carbocycles. The first-order chi connectivity index (χ1) is 8.65. The predicted molar refractivity (Wildman–Crippen MR) is 69.9 cm³/mol. The van der Waals surface area contributed by atoms with E-state index in [1.807, 2.05) is 13.1 Å². The lowest BCUT2D eigenvalue weighted by molar-refractivity contribution is 0.631. The van der Waals surface area contributed by atoms with Gasteiger partial charge in [0.2, 0.25) is 5.95 Å². The molecule has 1 aliphatic rings. The number of imidazole rings is 1. The SMILES string of the molecule is Cc1cn(C2CC2)c(Nc2cccc(Cl)c2F)n1. The van der Waals surface area contributed by atoms with Crippen molar-refractivity contribution in [3.05, 3.63) is 40.9 Å². The zero-order valence-electron chi connectivity index (χ0n) is 9.95. The molecule has 0 amide bonds. The van der Waals surface area contributed by atoms with Crippen LogP contribution < -0.4 is 5.32 Å². The maximum atomic E-state index is 13.8. The molecule has 3 nitrogen and oxygen atoms in total. The number of hydrogen-bond donors (Lipinski definition) is 1. The van der Waals surface area contributed by atoms with Crippen molar-refractivity contribution in [3.63, 3.8) is 0 Å². The highest BCUT2D eigenvalue weighted by molar-refractivity contribution is 6.31. The molecule has 1 heterocycles. The Morgan fingerprint density at radius 1 is 1.44 bits per heavy atom. The van der Waals surface area contributed by atoms with Crippen LogP contribution >= 0.6 is 11.6 Å². The number of nitrogens with one attached hydrogen (secondary N) is 1. The van der Waals surface area contributed by atoms with E-state index in [9.17, 15) is 4.39 Å². The molecule has 1 aliphatic carbocycles. The zero-order valence-corrected chi connectivity index (χ0v) is 10.7. The van der Waals surface area contributed by atoms with E-state index in [2.05, 4.69) is 14.9 Å². The van der Waals surface area contributed by atoms with Gasteiger partial charge < -0.3 is 9.88 Å². The molecule has 0 atom stereocenters. The Bertz CT molecular complexity index is 590. The fourth-order valence-corrected chi connectivity index (χ4v) is 2.13. The van der Waals surface area contributed by atoms with Crippen LogP contribution in [-0.2, 0) is 0 Å². The van der Waals surface area contributed by atoms with Gasteiger partial charge in [-0.25, -0.2) is 9.37 Å². The van der Waals surface area contributed by atoms with Crippen molar-refractivity contribution in [2.75, 3.05) is 5.32 Å². The Hall–Kier alpha value is -1.55. The van der Waals surface area contributed by atoms with Crippen LogP contribution in [0, 0.1) is 12.7 Å². The minimum Gasteiger partial charge on any atom is -0.323 e. The van der Waals surface area contributed by atoms with Crippen molar-refractivity contribution in [2.24, 2.45) is 0 Å². The molecule has 5 heteroatoms. The lowest BCUT2D eigenvalue weighted by atomic mass is 10.3. The van der Waals surface area contributed by atoms with Crippen LogP contribution in [0.15, 0.2) is 24.4 Å². The second-order valence-corrected chi connectivity index (χ2v) is 4.98. The van der Waals surface area contributed by atoms with Crippen LogP contribution in [0.3, 0.4) is 0 Å². The number of hydrogen-bond acceptors (Lipinski definition) is 2. The van der Waals surface area contributed by atoms with Crippen LogP contribution in [0.1, 0.15) is 24.6 Å². The maximum absolute atomic E-state index is 13.8. The number of rotatable bonds is 3. The quantitative estimate of drug-likeness (QED) is 0.907. The van der Waals surface area contributed by atoms with Gasteiger partial charge in [0.25, 0.3) is 0 Å². The number of aryl methyl sites for hydroxylation is 1. The molecule has 0 unspecified atom stereocenters. The van der Waals surface area contributed by atoms with Crippen molar-refractivity contribution in [2.45, 2.75) is 25.8 Å². The van der Waals surface area contributed by atoms with Gasteiger partial charge in [0.15, 0.2) is 5.82 Å². The summed E-state index contributed by atoms with van der Waals surface area (Å²) in [5, 5.41) is 3.13. The van der Waals surface area contributed by atoms with Gasteiger partial charge in [0, 0.05) is 12.2 Å². The van der Waals surface area contributed by atoms with Crippen LogP contribution in [0.2, 0.25) is 5.02 Å². The molecule has 2 aromatic rings. The molecule has 0 saturated heterocycles. The Morgan fingerprint density at radius 3 is 2.94 bits per heavy atom. The van der Waals surface area contributed by atoms with Crippen molar-refractivity contribution in [1.82, 2.24) is 9.55 Å². The minimum atomic E-state index is -0.442. The third kappa shape index (κ3) is 2.08. The molecule has 0 radical (unpaired) electrons. The fraction of sp³-hybridized carbons (Fsp3) is 0.308. The summed E-state index contributed by atoms with van der Waals surface area (Å²) in [5.41, 5.74) is 1.28. The first-order valence-corrected chi connectivity index (χ1v) is 6.29. The standard InChI is InChI=1S/C13H13ClFN3/c1-8-7-18(9-5-6-9)13(16-8)17-11-4-2-3-10(14)12(11)15/h2-4,7,9H,5-6H2,1H3,(H,16,17). The van der Waals surface area contributed by atoms with Gasteiger partial charge in [-0.1, -0.05) is 17.7 Å². The highest BCUT2D eigenvalue weighted by Crippen LogP contribution is 2.38. The number of benzene rings is 1. The van der Waals surface area contributed by atoms with Crippen LogP contribution in [0.5, 0.6) is 0 Å². The largest absolute Gasteiger partial charge is 0.323 e. The van der Waals surface area contributed by atoms with E-state index >= 15 is 0 Å². The van der Waals surface area contributed by atoms with Gasteiger partial charge in [-0.2, -0.15) is 0 Å². The molecule has 0 bridgehead atoms. The van der Waals surface area contributed by atoms with E-state index in [1.54, 1.807) is 12.1 Å². The molecule has 1 N–H and O–H groups in total. The molecule has 1 saturated carbocycles. The molecule has 94 valence electrons. The summed E-state index contributed by atoms with van der Waals surface area (Å²) >= 11 is 5.76. The summed E-state index contributed by atoms with van der Waals surface area (Å²) in [6, 6.07) is 5.39. The molecule has 3 rings (SSSR count). The monoisotopic (exact) mass is 265 g/mol. The number of nitrogens with zero attached hydrogens (tertiary/aromatic N) is 2. The third-order valence-electron chi connectivity index (χ3n) is 2.99. The Labute approximate surface area is 110 Å². The Morgan fingerprint density at radius 2 is 2.22 bits per heavy atom. The summed E-state index contributed by atoms with van der Waals surface area (Å²) in [5.74, 6) is 0.235. The molecular formula is C13H13ClFN3. The minimum absolute atomic E-state index is 0.112. The predicted octanol–water partition coefficient (Wildman–Crippen LogP) is 4.06. The Kier molecular flexibility index (Phi) is 2.74. The van der Waals surface area contributed by atoms with Crippen molar-refractivity contribution >= 4 is 23.2 Å². The molecule has 1 aromatic heterocycles. The second kappa shape index (κ2) is 4.28. The summed E-state index contributed by atoms with van der Waals surface area (Å²) in [6.45, 7) is 1.93. The van der Waals surface area contributed by atoms with E-state index in [0.29, 0.717) is 17.7 Å². The van der Waals surface area contributed by atoms with E-state index in [1.165, 1.54) is 6.07 Å². The van der Waals surface area contributed by atoms with Crippen LogP contribution in [-0.4, -0.2) is 9.55 Å². The van der Waals surface area contributed by atoms with Crippen LogP contribution in [0.25, 0.3) is 0 Å². The van der Waals surface area contributed by atoms with Gasteiger partial charge in [-0.3, -0.25) is 0 Å². The molecule has 18 heavy (non-hydrogen) atoms. The highest BCUT2D eigenvalue weighted by Gasteiger charge is 2.26. The smallest absolute Gasteiger partial charge is 0.207 e. The summed E-state index contributed by atoms with van der Waals surface area (Å²) in [7, 11) is 0. The lowest BCUT2D eigenvalue weighted by Crippen LogP contribution is -2.02. The van der Waals surface area contributed by atoms with E-state index < -0.39 is 5.82 Å². The number of halogens is 2. The van der Waals surface area contributed by atoms with Crippen molar-refractivity contribution < 1.29 is 4.39 Å². The Balaban J connectivity index is 1.94. The lowest BCUT2D eigenvalue weighted by Gasteiger charge is -2.09. The summed E-state index contributed by atoms with van der Waals surface area (Å²) < 4.78 is 15.9. The molecule has 1 fully saturated rings. The van der Waals surface area contributed by atoms with Gasteiger partial charge >= 0.3 is 0 Å². The fourth-order valence-electron chi connectivity index (χ4n) is 1.96. The maximum Gasteiger partial charge on any atom is 0.207 e. The van der Waals surface area contributed by atoms with Gasteiger partial charge in [0.1, 0.15) is 0 Å². The van der Waals surface area contributed by atoms with Gasteiger partial charge in [-0.15, -0.1) is 0 Å². The topological polar surface area (TPSA) is 29.9 Å². The first kappa shape index (κ1) is 11.5. The normalized spacial score (nSPS) is 14.8. The van der Waals surface area contributed by atoms with Crippen molar-refractivity contribution in [3.8, 4) is 0 Å². The molecule has 0 spiro atoms. The third-order valence-corrected chi connectivity index (χ3v) is 3.28. The van der Waals surface area contributed by atoms with Gasteiger partial charge in [-0.05, 0) is 31.9 Å².